The summed E-state index contributed by atoms with van der Waals surface area (Å²) in [4.78, 5) is 1.41. The van der Waals surface area contributed by atoms with Crippen LogP contribution in [0.2, 0.25) is 0 Å². The van der Waals surface area contributed by atoms with Gasteiger partial charge in [-0.15, -0.1) is 11.3 Å². The van der Waals surface area contributed by atoms with Crippen molar-refractivity contribution in [1.82, 2.24) is 4.31 Å². The van der Waals surface area contributed by atoms with Crippen molar-refractivity contribution in [2.24, 2.45) is 11.7 Å². The number of thiophene rings is 1. The van der Waals surface area contributed by atoms with Crippen molar-refractivity contribution in [2.75, 3.05) is 13.1 Å². The van der Waals surface area contributed by atoms with Crippen LogP contribution in [0.25, 0.3) is 0 Å². The molecule has 0 aromatic carbocycles. The van der Waals surface area contributed by atoms with Crippen molar-refractivity contribution in [3.63, 3.8) is 0 Å². The summed E-state index contributed by atoms with van der Waals surface area (Å²) >= 11 is 6.18. The molecular formula is C13H22N2O2S3. The van der Waals surface area contributed by atoms with Gasteiger partial charge in [0.25, 0.3) is 10.0 Å². The van der Waals surface area contributed by atoms with Crippen LogP contribution in [-0.2, 0) is 16.4 Å². The molecule has 0 saturated heterocycles. The van der Waals surface area contributed by atoms with Gasteiger partial charge in [-0.25, -0.2) is 8.42 Å². The number of sulfonamides is 1. The molecule has 0 aliphatic rings. The van der Waals surface area contributed by atoms with Gasteiger partial charge in [0, 0.05) is 24.4 Å². The van der Waals surface area contributed by atoms with Crippen LogP contribution >= 0.6 is 23.6 Å². The Balaban J connectivity index is 2.99. The van der Waals surface area contributed by atoms with Gasteiger partial charge in [-0.1, -0.05) is 33.0 Å². The number of aryl methyl sites for hydroxylation is 1. The first-order chi connectivity index (χ1) is 9.27. The van der Waals surface area contributed by atoms with Gasteiger partial charge in [0.2, 0.25) is 0 Å². The molecular weight excluding hydrogens is 312 g/mol. The molecule has 0 saturated carbocycles. The molecule has 0 unspecified atom stereocenters. The first-order valence-corrected chi connectivity index (χ1v) is 9.31. The van der Waals surface area contributed by atoms with E-state index in [-0.39, 0.29) is 5.92 Å². The SMILES string of the molecule is CCc1ccc(S(=O)(=O)N(CCC(N)=S)CC(C)C)s1. The van der Waals surface area contributed by atoms with E-state index in [0.717, 1.165) is 11.3 Å². The second-order valence-electron chi connectivity index (χ2n) is 5.05. The largest absolute Gasteiger partial charge is 0.393 e. The van der Waals surface area contributed by atoms with Crippen molar-refractivity contribution in [2.45, 2.75) is 37.8 Å². The Morgan fingerprint density at radius 1 is 1.45 bits per heavy atom. The average Bonchev–Trinajstić information content (AvgIpc) is 2.83. The van der Waals surface area contributed by atoms with Crippen LogP contribution in [0.5, 0.6) is 0 Å². The van der Waals surface area contributed by atoms with Crippen LogP contribution in [0.15, 0.2) is 16.3 Å². The van der Waals surface area contributed by atoms with Crippen molar-refractivity contribution >= 4 is 38.6 Å². The molecule has 0 atom stereocenters. The zero-order valence-electron chi connectivity index (χ0n) is 12.1. The number of hydrogen-bond acceptors (Lipinski definition) is 4. The zero-order valence-corrected chi connectivity index (χ0v) is 14.6. The van der Waals surface area contributed by atoms with E-state index < -0.39 is 10.0 Å². The van der Waals surface area contributed by atoms with E-state index >= 15 is 0 Å². The highest BCUT2D eigenvalue weighted by atomic mass is 32.2. The fourth-order valence-electron chi connectivity index (χ4n) is 1.77. The normalized spacial score (nSPS) is 12.2. The monoisotopic (exact) mass is 334 g/mol. The smallest absolute Gasteiger partial charge is 0.252 e. The highest BCUT2D eigenvalue weighted by Crippen LogP contribution is 2.26. The van der Waals surface area contributed by atoms with Crippen LogP contribution < -0.4 is 5.73 Å². The summed E-state index contributed by atoms with van der Waals surface area (Å²) in [5, 5.41) is 0. The number of rotatable bonds is 8. The quantitative estimate of drug-likeness (QED) is 0.742. The summed E-state index contributed by atoms with van der Waals surface area (Å²) in [6.07, 6.45) is 1.25. The number of nitrogens with zero attached hydrogens (tertiary/aromatic N) is 1. The predicted octanol–water partition coefficient (Wildman–Crippen LogP) is 2.63. The van der Waals surface area contributed by atoms with E-state index in [1.54, 1.807) is 6.07 Å². The summed E-state index contributed by atoms with van der Waals surface area (Å²) in [5.74, 6) is 0.252. The third-order valence-corrected chi connectivity index (χ3v) is 6.52. The molecule has 114 valence electrons. The molecule has 1 aromatic rings. The van der Waals surface area contributed by atoms with Crippen molar-refractivity contribution < 1.29 is 8.42 Å². The van der Waals surface area contributed by atoms with Gasteiger partial charge in [-0.05, 0) is 24.5 Å². The second-order valence-corrected chi connectivity index (χ2v) is 8.90. The highest BCUT2D eigenvalue weighted by molar-refractivity contribution is 7.91. The summed E-state index contributed by atoms with van der Waals surface area (Å²) in [6, 6.07) is 3.56. The van der Waals surface area contributed by atoms with E-state index in [9.17, 15) is 8.42 Å². The first-order valence-electron chi connectivity index (χ1n) is 6.64. The molecule has 1 aromatic heterocycles. The molecule has 0 spiro atoms. The number of hydrogen-bond donors (Lipinski definition) is 1. The predicted molar refractivity (Wildman–Crippen MR) is 88.7 cm³/mol. The molecule has 0 aliphatic carbocycles. The zero-order chi connectivity index (χ0) is 15.3. The third-order valence-electron chi connectivity index (χ3n) is 2.76. The summed E-state index contributed by atoms with van der Waals surface area (Å²) in [5.41, 5.74) is 5.49. The van der Waals surface area contributed by atoms with Crippen molar-refractivity contribution in [3.05, 3.63) is 17.0 Å². The Morgan fingerprint density at radius 3 is 2.55 bits per heavy atom. The lowest BCUT2D eigenvalue weighted by atomic mass is 10.2. The van der Waals surface area contributed by atoms with Crippen LogP contribution in [0, 0.1) is 5.92 Å². The molecule has 0 radical (unpaired) electrons. The van der Waals surface area contributed by atoms with Gasteiger partial charge in [0.05, 0.1) is 4.99 Å². The Labute approximate surface area is 131 Å². The van der Waals surface area contributed by atoms with E-state index in [1.165, 1.54) is 15.6 Å². The van der Waals surface area contributed by atoms with Crippen LogP contribution in [-0.4, -0.2) is 30.8 Å². The third kappa shape index (κ3) is 4.80. The van der Waals surface area contributed by atoms with Crippen LogP contribution in [0.1, 0.15) is 32.1 Å². The van der Waals surface area contributed by atoms with Gasteiger partial charge >= 0.3 is 0 Å². The lowest BCUT2D eigenvalue weighted by Gasteiger charge is -2.23. The van der Waals surface area contributed by atoms with E-state index in [0.29, 0.717) is 28.7 Å². The Hall–Kier alpha value is -0.500. The number of thiocarbonyl (C=S) groups is 1. The summed E-state index contributed by atoms with van der Waals surface area (Å²) < 4.78 is 27.2. The highest BCUT2D eigenvalue weighted by Gasteiger charge is 2.26. The molecule has 1 heterocycles. The molecule has 2 N–H and O–H groups in total. The number of nitrogens with two attached hydrogens (primary N) is 1. The van der Waals surface area contributed by atoms with Gasteiger partial charge < -0.3 is 5.73 Å². The molecule has 7 heteroatoms. The fourth-order valence-corrected chi connectivity index (χ4v) is 4.91. The minimum absolute atomic E-state index is 0.252. The van der Waals surface area contributed by atoms with Gasteiger partial charge in [0.1, 0.15) is 4.21 Å². The van der Waals surface area contributed by atoms with Crippen molar-refractivity contribution in [3.8, 4) is 0 Å². The van der Waals surface area contributed by atoms with E-state index in [1.807, 2.05) is 26.8 Å². The minimum Gasteiger partial charge on any atom is -0.393 e. The Morgan fingerprint density at radius 2 is 2.10 bits per heavy atom. The maximum Gasteiger partial charge on any atom is 0.252 e. The fraction of sp³-hybridized carbons (Fsp3) is 0.615. The maximum absolute atomic E-state index is 12.7. The molecule has 0 bridgehead atoms. The van der Waals surface area contributed by atoms with Crippen molar-refractivity contribution in [1.29, 1.82) is 0 Å². The lowest BCUT2D eigenvalue weighted by Crippen LogP contribution is -2.36. The van der Waals surface area contributed by atoms with Gasteiger partial charge in [-0.2, -0.15) is 4.31 Å². The molecule has 4 nitrogen and oxygen atoms in total. The van der Waals surface area contributed by atoms with Crippen LogP contribution in [0.3, 0.4) is 0 Å². The molecule has 0 aliphatic heterocycles. The van der Waals surface area contributed by atoms with Crippen LogP contribution in [0.4, 0.5) is 0 Å². The minimum atomic E-state index is -3.44. The van der Waals surface area contributed by atoms with Gasteiger partial charge in [0.15, 0.2) is 0 Å². The Kier molecular flexibility index (Phi) is 6.57. The molecule has 0 amide bonds. The molecule has 1 rings (SSSR count). The average molecular weight is 335 g/mol. The van der Waals surface area contributed by atoms with Gasteiger partial charge in [-0.3, -0.25) is 0 Å². The molecule has 20 heavy (non-hydrogen) atoms. The first kappa shape index (κ1) is 17.6. The second kappa shape index (κ2) is 7.49. The topological polar surface area (TPSA) is 63.4 Å². The van der Waals surface area contributed by atoms with E-state index in [2.05, 4.69) is 0 Å². The lowest BCUT2D eigenvalue weighted by molar-refractivity contribution is 0.375. The maximum atomic E-state index is 12.7. The standard InChI is InChI=1S/C13H22N2O2S3/c1-4-11-5-6-13(19-11)20(16,17)15(9-10(2)3)8-7-12(14)18/h5-6,10H,4,7-9H2,1-3H3,(H2,14,18). The van der Waals surface area contributed by atoms with E-state index in [4.69, 9.17) is 18.0 Å². The summed E-state index contributed by atoms with van der Waals surface area (Å²) in [7, 11) is -3.44. The molecule has 0 fully saturated rings. The summed E-state index contributed by atoms with van der Waals surface area (Å²) in [6.45, 7) is 6.82. The Bertz CT molecular complexity index is 550.